The van der Waals surface area contributed by atoms with Crippen molar-refractivity contribution in [2.75, 3.05) is 0 Å². The standard InChI is InChI=1S/C64H36/c1-29-7-3-14-22-16-8-4-9-17-24-26-19-12-6-13-20-27-28-21-11-5-10-18-25-23-15(7)35(29)43(23)45(25)38(18)32(10,11)41(21)48(28)47(27)40(20)33(12,13)39(19)46(26)44(24)37(17)31(8,9)30(2)36(16)42(22)34(14,29)50(35)55(42)53(36)49(30,37)54(44)57(46)51(39,40)59(47)60(48)52(38,41)58(45)56(43,50)62(55)61(53,54)63(57,59)64(58,60)62/h7-28H,3-6H2,1-2H3. The highest BCUT2D eigenvalue weighted by Crippen LogP contribution is 3.80. The average molecular weight is 805 g/mol. The van der Waals surface area contributed by atoms with Crippen LogP contribution in [0.4, 0.5) is 0 Å². The topological polar surface area (TPSA) is 0 Å². The molecule has 0 amide bonds. The van der Waals surface area contributed by atoms with E-state index in [4.69, 9.17) is 0 Å². The van der Waals surface area contributed by atoms with Gasteiger partial charge in [0, 0.05) is 0 Å². The molecule has 0 nitrogen and oxygen atoms in total. The lowest BCUT2D eigenvalue weighted by molar-refractivity contribution is -1.31. The second-order valence-electron chi connectivity index (χ2n) is 42.2. The monoisotopic (exact) mass is 804 g/mol. The molecule has 47 saturated carbocycles. The van der Waals surface area contributed by atoms with E-state index in [2.05, 4.69) is 13.8 Å². The van der Waals surface area contributed by atoms with E-state index in [1.165, 1.54) is 130 Å². The van der Waals surface area contributed by atoms with Crippen molar-refractivity contribution in [3.8, 4) is 0 Å². The minimum Gasteiger partial charge on any atom is -0.0582 e. The Morgan fingerprint density at radius 2 is 0.500 bits per heavy atom. The molecule has 64 heavy (non-hydrogen) atoms. The Morgan fingerprint density at radius 3 is 0.969 bits per heavy atom. The van der Waals surface area contributed by atoms with Crippen molar-refractivity contribution in [2.45, 2.75) is 39.5 Å². The van der Waals surface area contributed by atoms with Crippen molar-refractivity contribution in [1.29, 1.82) is 0 Å². The normalized spacial score (nSPS) is 147. The molecule has 0 N–H and O–H groups in total. The highest BCUT2D eigenvalue weighted by atomic mass is 15.8. The van der Waals surface area contributed by atoms with Gasteiger partial charge in [0.15, 0.2) is 0 Å². The zero-order valence-corrected chi connectivity index (χ0v) is 35.5. The molecule has 0 aromatic rings. The molecule has 0 saturated heterocycles. The fourth-order valence-corrected chi connectivity index (χ4v) is 75.1. The van der Waals surface area contributed by atoms with Crippen LogP contribution in [0.25, 0.3) is 0 Å². The lowest BCUT2D eigenvalue weighted by Gasteiger charge is -3.75. The van der Waals surface area contributed by atoms with Crippen LogP contribution in [0.1, 0.15) is 39.5 Å². The van der Waals surface area contributed by atoms with Crippen LogP contribution >= 0.6 is 0 Å². The van der Waals surface area contributed by atoms with E-state index in [1.54, 1.807) is 0 Å². The van der Waals surface area contributed by atoms with Crippen molar-refractivity contribution in [1.82, 2.24) is 0 Å². The molecule has 47 aliphatic rings. The van der Waals surface area contributed by atoms with Gasteiger partial charge in [0.1, 0.15) is 0 Å². The van der Waals surface area contributed by atoms with Crippen LogP contribution < -0.4 is 0 Å². The minimum absolute atomic E-state index is 0.928. The SMILES string of the molecule is CC12C3CC4C5C6C7CC8C9C%10C%11C%12C%13CC%14C%15C%16C%17C%18C%19CC%20C%21C%22C%23C3C13C%231C%22%23C%21%22C%20%19C%18%19C%17%18C%16%17C%15%16C%13%14C%12%13C%11%12C%10%11C9%10C87C7(C)C68C56C42C32C63C84C7%10C%115C%126C%13%16C%177C%188C%22%19C%239C12C31C45C67C981. The third kappa shape index (κ3) is 0.399. The summed E-state index contributed by atoms with van der Waals surface area (Å²) in [5.41, 5.74) is 39.4. The van der Waals surface area contributed by atoms with E-state index in [0.717, 1.165) is 195 Å². The van der Waals surface area contributed by atoms with Gasteiger partial charge in [-0.3, -0.25) is 0 Å². The van der Waals surface area contributed by atoms with Crippen LogP contribution in [0.5, 0.6) is 0 Å². The van der Waals surface area contributed by atoms with Crippen LogP contribution in [0, 0.1) is 325 Å². The van der Waals surface area contributed by atoms with Crippen molar-refractivity contribution < 1.29 is 0 Å². The molecular weight excluding hydrogens is 769 g/mol. The highest BCUT2D eigenvalue weighted by Gasteiger charge is 3.79. The molecule has 58 unspecified atom stereocenters. The molecule has 47 rings (SSSR count). The Bertz CT molecular complexity index is 4660. The van der Waals surface area contributed by atoms with Crippen molar-refractivity contribution >= 4 is 0 Å². The fourth-order valence-electron chi connectivity index (χ4n) is 75.1. The van der Waals surface area contributed by atoms with Crippen molar-refractivity contribution in [2.24, 2.45) is 325 Å². The first-order chi connectivity index (χ1) is 31.6. The summed E-state index contributed by atoms with van der Waals surface area (Å²) in [6, 6.07) is 0. The van der Waals surface area contributed by atoms with Gasteiger partial charge in [-0.25, -0.2) is 0 Å². The van der Waals surface area contributed by atoms with Crippen molar-refractivity contribution in [3.05, 3.63) is 0 Å². The lowest BCUT2D eigenvalue weighted by atomic mass is 8.27. The Hall–Kier alpha value is 0. The van der Waals surface area contributed by atoms with Gasteiger partial charge in [0.2, 0.25) is 0 Å². The first-order valence-electron chi connectivity index (χ1n) is 31.6. The van der Waals surface area contributed by atoms with Crippen LogP contribution in [0.15, 0.2) is 0 Å². The summed E-state index contributed by atoms with van der Waals surface area (Å²) < 4.78 is 0. The maximum Gasteiger partial charge on any atom is -0.0000253 e. The lowest BCUT2D eigenvalue weighted by Crippen LogP contribution is -3.74. The summed E-state index contributed by atoms with van der Waals surface area (Å²) >= 11 is 0. The van der Waals surface area contributed by atoms with E-state index in [0.29, 0.717) is 0 Å². The zero-order valence-electron chi connectivity index (χ0n) is 35.5. The fraction of sp³-hybridized carbons (Fsp3) is 1.00. The second kappa shape index (κ2) is 2.96. The Kier molecular flexibility index (Phi) is 0.971. The quantitative estimate of drug-likeness (QED) is 0.313. The summed E-state index contributed by atoms with van der Waals surface area (Å²) in [6.07, 6.45) is 7.55. The largest absolute Gasteiger partial charge is 0.0582 e. The first kappa shape index (κ1) is 21.0. The van der Waals surface area contributed by atoms with Gasteiger partial charge in [0.05, 0.1) is 0 Å². The van der Waals surface area contributed by atoms with Crippen LogP contribution in [0.2, 0.25) is 0 Å². The molecule has 47 fully saturated rings. The molecule has 58 atom stereocenters. The van der Waals surface area contributed by atoms with Gasteiger partial charge in [-0.1, -0.05) is 13.8 Å². The molecule has 0 aromatic heterocycles. The smallest absolute Gasteiger partial charge is 0.0000253 e. The molecule has 0 aromatic carbocycles. The molecule has 292 valence electrons. The number of fused-ring (bicyclic) bond motifs is 18. The molecule has 0 heteroatoms. The molecule has 47 aliphatic carbocycles. The maximum absolute atomic E-state index is 3.48. The maximum atomic E-state index is 3.48. The van der Waals surface area contributed by atoms with Gasteiger partial charge in [-0.05, 0) is 351 Å². The predicted molar refractivity (Wildman–Crippen MR) is 194 cm³/mol. The van der Waals surface area contributed by atoms with E-state index < -0.39 is 0 Å². The number of hydrogen-bond acceptors (Lipinski definition) is 0. The Labute approximate surface area is 362 Å². The third-order valence-corrected chi connectivity index (χ3v) is 57.7. The van der Waals surface area contributed by atoms with Crippen LogP contribution in [0.3, 0.4) is 0 Å². The van der Waals surface area contributed by atoms with E-state index in [1.807, 2.05) is 25.7 Å². The third-order valence-electron chi connectivity index (χ3n) is 57.7. The molecule has 0 bridgehead atoms. The van der Waals surface area contributed by atoms with Crippen LogP contribution in [-0.4, -0.2) is 0 Å². The molecule has 0 radical (unpaired) electrons. The van der Waals surface area contributed by atoms with E-state index in [9.17, 15) is 0 Å². The second-order valence-corrected chi connectivity index (χ2v) is 42.2. The van der Waals surface area contributed by atoms with Gasteiger partial charge < -0.3 is 0 Å². The summed E-state index contributed by atoms with van der Waals surface area (Å²) in [4.78, 5) is 0. The van der Waals surface area contributed by atoms with Gasteiger partial charge in [0.25, 0.3) is 0 Å². The van der Waals surface area contributed by atoms with Gasteiger partial charge in [-0.2, -0.15) is 0 Å². The molecule has 34 spiro atoms. The Balaban J connectivity index is 0.798. The molecule has 0 aliphatic heterocycles. The molecular formula is C64H36. The minimum atomic E-state index is 0.928. The van der Waals surface area contributed by atoms with Crippen molar-refractivity contribution in [3.63, 3.8) is 0 Å². The highest BCUT2D eigenvalue weighted by molar-refractivity contribution is 6.23. The predicted octanol–water partition coefficient (Wildman–Crippen LogP) is 5.29. The van der Waals surface area contributed by atoms with E-state index in [-0.39, 0.29) is 0 Å². The summed E-state index contributed by atoms with van der Waals surface area (Å²) in [6.45, 7) is 6.84. The first-order valence-corrected chi connectivity index (χ1v) is 31.6. The van der Waals surface area contributed by atoms with Gasteiger partial charge >= 0.3 is 0 Å². The summed E-state index contributed by atoms with van der Waals surface area (Å²) in [5, 5.41) is 0. The van der Waals surface area contributed by atoms with E-state index >= 15 is 0 Å². The number of rotatable bonds is 0. The summed E-state index contributed by atoms with van der Waals surface area (Å²) in [5.74, 6) is 30.5. The Morgan fingerprint density at radius 1 is 0.203 bits per heavy atom. The van der Waals surface area contributed by atoms with Gasteiger partial charge in [-0.15, -0.1) is 0 Å². The number of hydrogen-bond donors (Lipinski definition) is 0. The van der Waals surface area contributed by atoms with Crippen LogP contribution in [-0.2, 0) is 0 Å². The molecule has 0 heterocycles. The summed E-state index contributed by atoms with van der Waals surface area (Å²) in [7, 11) is 0. The zero-order chi connectivity index (χ0) is 35.5. The average Bonchev–Trinajstić information content (AvgIpc) is 3.38.